The molecule has 1 atom stereocenters. The molecule has 1 aliphatic rings. The zero-order valence-electron chi connectivity index (χ0n) is 12.1. The van der Waals surface area contributed by atoms with Crippen molar-refractivity contribution in [3.8, 4) is 0 Å². The van der Waals surface area contributed by atoms with E-state index in [-0.39, 0.29) is 0 Å². The summed E-state index contributed by atoms with van der Waals surface area (Å²) in [5, 5.41) is 3.64. The van der Waals surface area contributed by atoms with Crippen LogP contribution < -0.4 is 5.32 Å². The lowest BCUT2D eigenvalue weighted by molar-refractivity contribution is 0.562. The Morgan fingerprint density at radius 3 is 2.63 bits per heavy atom. The van der Waals surface area contributed by atoms with Crippen LogP contribution in [0.5, 0.6) is 0 Å². The topological polar surface area (TPSA) is 12.0 Å². The van der Waals surface area contributed by atoms with Crippen LogP contribution >= 0.6 is 11.8 Å². The number of benzene rings is 1. The minimum absolute atomic E-state index is 0.445. The number of allylic oxidation sites excluding steroid dienone is 1. The molecule has 1 aromatic rings. The van der Waals surface area contributed by atoms with Crippen molar-refractivity contribution in [2.75, 3.05) is 12.8 Å². The van der Waals surface area contributed by atoms with Crippen molar-refractivity contribution < 1.29 is 0 Å². The summed E-state index contributed by atoms with van der Waals surface area (Å²) in [6, 6.07) is 9.34. The van der Waals surface area contributed by atoms with Crippen molar-refractivity contribution in [2.24, 2.45) is 0 Å². The lowest BCUT2D eigenvalue weighted by atomic mass is 9.97. The highest BCUT2D eigenvalue weighted by molar-refractivity contribution is 7.98. The molecule has 0 fully saturated rings. The molecule has 1 N–H and O–H groups in total. The summed E-state index contributed by atoms with van der Waals surface area (Å²) in [4.78, 5) is 1.34. The molecular weight excluding hydrogens is 250 g/mol. The zero-order valence-corrected chi connectivity index (χ0v) is 12.9. The summed E-state index contributed by atoms with van der Waals surface area (Å²) < 4.78 is 0. The van der Waals surface area contributed by atoms with Gasteiger partial charge in [0, 0.05) is 10.9 Å². The number of hydrogen-bond donors (Lipinski definition) is 1. The minimum atomic E-state index is 0.445. The summed E-state index contributed by atoms with van der Waals surface area (Å²) in [5.74, 6) is 0. The van der Waals surface area contributed by atoms with Gasteiger partial charge in [-0.1, -0.05) is 23.8 Å². The Morgan fingerprint density at radius 1 is 1.21 bits per heavy atom. The van der Waals surface area contributed by atoms with Crippen LogP contribution in [-0.4, -0.2) is 12.8 Å². The molecule has 0 radical (unpaired) electrons. The SMILES string of the molecule is CSc1ccc(C(C)NCCC2=CCCCC2)cc1. The molecule has 0 spiro atoms. The van der Waals surface area contributed by atoms with E-state index in [0.29, 0.717) is 6.04 Å². The fourth-order valence-electron chi connectivity index (χ4n) is 2.59. The van der Waals surface area contributed by atoms with Crippen LogP contribution in [0.4, 0.5) is 0 Å². The lowest BCUT2D eigenvalue weighted by Gasteiger charge is -2.17. The average Bonchev–Trinajstić information content (AvgIpc) is 2.48. The van der Waals surface area contributed by atoms with Gasteiger partial charge in [0.15, 0.2) is 0 Å². The van der Waals surface area contributed by atoms with Gasteiger partial charge in [-0.05, 0) is 69.5 Å². The van der Waals surface area contributed by atoms with Gasteiger partial charge in [-0.25, -0.2) is 0 Å². The Bertz CT molecular complexity index is 408. The van der Waals surface area contributed by atoms with Gasteiger partial charge in [-0.3, -0.25) is 0 Å². The summed E-state index contributed by atoms with van der Waals surface area (Å²) >= 11 is 1.80. The Balaban J connectivity index is 1.76. The van der Waals surface area contributed by atoms with Gasteiger partial charge in [0.1, 0.15) is 0 Å². The van der Waals surface area contributed by atoms with E-state index >= 15 is 0 Å². The molecule has 0 aliphatic heterocycles. The highest BCUT2D eigenvalue weighted by atomic mass is 32.2. The van der Waals surface area contributed by atoms with Gasteiger partial charge in [0.25, 0.3) is 0 Å². The standard InChI is InChI=1S/C17H25NS/c1-14(16-8-10-17(19-2)11-9-16)18-13-12-15-6-4-3-5-7-15/h6,8-11,14,18H,3-5,7,12-13H2,1-2H3. The van der Waals surface area contributed by atoms with Crippen molar-refractivity contribution in [1.29, 1.82) is 0 Å². The highest BCUT2D eigenvalue weighted by Crippen LogP contribution is 2.21. The van der Waals surface area contributed by atoms with Gasteiger partial charge >= 0.3 is 0 Å². The molecule has 1 nitrogen and oxygen atoms in total. The zero-order chi connectivity index (χ0) is 13.5. The fraction of sp³-hybridized carbons (Fsp3) is 0.529. The van der Waals surface area contributed by atoms with Crippen molar-refractivity contribution in [1.82, 2.24) is 5.32 Å². The van der Waals surface area contributed by atoms with E-state index < -0.39 is 0 Å². The minimum Gasteiger partial charge on any atom is -0.310 e. The van der Waals surface area contributed by atoms with Gasteiger partial charge in [0.05, 0.1) is 0 Å². The highest BCUT2D eigenvalue weighted by Gasteiger charge is 2.06. The predicted octanol–water partition coefficient (Wildman–Crippen LogP) is 4.95. The summed E-state index contributed by atoms with van der Waals surface area (Å²) in [6.45, 7) is 3.35. The third-order valence-electron chi connectivity index (χ3n) is 3.90. The first-order valence-corrected chi connectivity index (χ1v) is 8.57. The summed E-state index contributed by atoms with van der Waals surface area (Å²) in [5.41, 5.74) is 3.04. The maximum Gasteiger partial charge on any atom is 0.0291 e. The van der Waals surface area contributed by atoms with Crippen LogP contribution in [0.1, 0.15) is 50.6 Å². The fourth-order valence-corrected chi connectivity index (χ4v) is 3.00. The molecule has 1 aliphatic carbocycles. The molecule has 2 rings (SSSR count). The molecule has 2 heteroatoms. The van der Waals surface area contributed by atoms with Gasteiger partial charge < -0.3 is 5.32 Å². The van der Waals surface area contributed by atoms with E-state index in [1.54, 1.807) is 17.3 Å². The van der Waals surface area contributed by atoms with Crippen molar-refractivity contribution in [2.45, 2.75) is 50.0 Å². The lowest BCUT2D eigenvalue weighted by Crippen LogP contribution is -2.20. The Morgan fingerprint density at radius 2 is 2.00 bits per heavy atom. The van der Waals surface area contributed by atoms with Crippen LogP contribution in [0, 0.1) is 0 Å². The molecule has 0 aromatic heterocycles. The molecule has 0 amide bonds. The van der Waals surface area contributed by atoms with Crippen LogP contribution in [0.25, 0.3) is 0 Å². The first-order valence-electron chi connectivity index (χ1n) is 7.35. The van der Waals surface area contributed by atoms with E-state index in [1.807, 2.05) is 0 Å². The maximum absolute atomic E-state index is 3.64. The van der Waals surface area contributed by atoms with E-state index in [1.165, 1.54) is 42.6 Å². The number of thioether (sulfide) groups is 1. The van der Waals surface area contributed by atoms with E-state index in [0.717, 1.165) is 6.54 Å². The van der Waals surface area contributed by atoms with E-state index in [2.05, 4.69) is 48.8 Å². The summed E-state index contributed by atoms with van der Waals surface area (Å²) in [6.07, 6.45) is 11.2. The first-order chi connectivity index (χ1) is 9.29. The van der Waals surface area contributed by atoms with Gasteiger partial charge in [0.2, 0.25) is 0 Å². The van der Waals surface area contributed by atoms with Crippen LogP contribution in [0.2, 0.25) is 0 Å². The van der Waals surface area contributed by atoms with Gasteiger partial charge in [-0.2, -0.15) is 0 Å². The van der Waals surface area contributed by atoms with Crippen molar-refractivity contribution in [3.05, 3.63) is 41.5 Å². The number of hydrogen-bond acceptors (Lipinski definition) is 2. The smallest absolute Gasteiger partial charge is 0.0291 e. The largest absolute Gasteiger partial charge is 0.310 e. The normalized spacial score (nSPS) is 17.1. The van der Waals surface area contributed by atoms with Crippen LogP contribution in [0.3, 0.4) is 0 Å². The van der Waals surface area contributed by atoms with Crippen molar-refractivity contribution in [3.63, 3.8) is 0 Å². The molecule has 104 valence electrons. The molecule has 0 bridgehead atoms. The molecule has 1 unspecified atom stereocenters. The van der Waals surface area contributed by atoms with Crippen LogP contribution in [0.15, 0.2) is 40.8 Å². The molecule has 19 heavy (non-hydrogen) atoms. The molecule has 0 saturated carbocycles. The maximum atomic E-state index is 3.64. The first kappa shape index (κ1) is 14.7. The second-order valence-electron chi connectivity index (χ2n) is 5.31. The van der Waals surface area contributed by atoms with Crippen molar-refractivity contribution >= 4 is 11.8 Å². The van der Waals surface area contributed by atoms with Crippen LogP contribution in [-0.2, 0) is 0 Å². The quantitative estimate of drug-likeness (QED) is 0.582. The molecule has 1 aromatic carbocycles. The number of rotatable bonds is 6. The third-order valence-corrected chi connectivity index (χ3v) is 4.64. The van der Waals surface area contributed by atoms with E-state index in [4.69, 9.17) is 0 Å². The second kappa shape index (κ2) is 7.76. The Hall–Kier alpha value is -0.730. The van der Waals surface area contributed by atoms with E-state index in [9.17, 15) is 0 Å². The Kier molecular flexibility index (Phi) is 5.99. The molecule has 0 saturated heterocycles. The number of nitrogens with one attached hydrogen (secondary N) is 1. The molecular formula is C17H25NS. The summed E-state index contributed by atoms with van der Waals surface area (Å²) in [7, 11) is 0. The van der Waals surface area contributed by atoms with Gasteiger partial charge in [-0.15, -0.1) is 11.8 Å². The predicted molar refractivity (Wildman–Crippen MR) is 85.8 cm³/mol. The second-order valence-corrected chi connectivity index (χ2v) is 6.19. The monoisotopic (exact) mass is 275 g/mol. The Labute approximate surface area is 121 Å². The molecule has 0 heterocycles. The average molecular weight is 275 g/mol. The third kappa shape index (κ3) is 4.70.